The molecule has 110 valence electrons. The van der Waals surface area contributed by atoms with E-state index >= 15 is 0 Å². The first kappa shape index (κ1) is 15.0. The molecule has 0 aliphatic carbocycles. The molecule has 0 atom stereocenters. The maximum absolute atomic E-state index is 5.72. The third-order valence-electron chi connectivity index (χ3n) is 3.64. The number of hydrogen-bond donors (Lipinski definition) is 0. The molecule has 0 N–H and O–H groups in total. The molecule has 2 aliphatic heterocycles. The fourth-order valence-corrected chi connectivity index (χ4v) is 2.47. The van der Waals surface area contributed by atoms with Crippen molar-refractivity contribution in [1.29, 1.82) is 0 Å². The molecule has 2 heterocycles. The molecule has 2 aliphatic rings. The highest BCUT2D eigenvalue weighted by Crippen LogP contribution is 2.22. The van der Waals surface area contributed by atoms with Gasteiger partial charge in [0.25, 0.3) is 0 Å². The largest absolute Gasteiger partial charge is 0.352 e. The highest BCUT2D eigenvalue weighted by Gasteiger charge is 2.24. The van der Waals surface area contributed by atoms with Gasteiger partial charge in [0.15, 0.2) is 12.6 Å². The van der Waals surface area contributed by atoms with E-state index in [9.17, 15) is 0 Å². The van der Waals surface area contributed by atoms with E-state index in [1.165, 1.54) is 0 Å². The molecular weight excluding hydrogens is 244 g/mol. The van der Waals surface area contributed by atoms with E-state index in [2.05, 4.69) is 19.1 Å². The van der Waals surface area contributed by atoms with Crippen molar-refractivity contribution in [2.75, 3.05) is 26.4 Å². The van der Waals surface area contributed by atoms with Crippen molar-refractivity contribution in [1.82, 2.24) is 0 Å². The van der Waals surface area contributed by atoms with Crippen molar-refractivity contribution >= 4 is 0 Å². The van der Waals surface area contributed by atoms with Crippen molar-refractivity contribution in [2.24, 2.45) is 11.8 Å². The smallest absolute Gasteiger partial charge is 0.157 e. The number of rotatable bonds is 5. The predicted octanol–water partition coefficient (Wildman–Crippen LogP) is 2.73. The van der Waals surface area contributed by atoms with Crippen LogP contribution in [0.5, 0.6) is 0 Å². The van der Waals surface area contributed by atoms with E-state index in [1.807, 2.05) is 6.92 Å². The molecular formula is C15H26O4. The summed E-state index contributed by atoms with van der Waals surface area (Å²) in [5.74, 6) is 0.885. The Morgan fingerprint density at radius 1 is 0.895 bits per heavy atom. The lowest BCUT2D eigenvalue weighted by Gasteiger charge is -2.31. The fourth-order valence-electron chi connectivity index (χ4n) is 2.47. The minimum Gasteiger partial charge on any atom is -0.352 e. The molecule has 0 saturated carbocycles. The zero-order valence-electron chi connectivity index (χ0n) is 12.0. The van der Waals surface area contributed by atoms with E-state index in [-0.39, 0.29) is 12.6 Å². The lowest BCUT2D eigenvalue weighted by atomic mass is 10.0. The summed E-state index contributed by atoms with van der Waals surface area (Å²) in [6.07, 6.45) is 7.04. The Labute approximate surface area is 116 Å². The van der Waals surface area contributed by atoms with Gasteiger partial charge in [-0.05, 0) is 26.2 Å². The minimum atomic E-state index is -0.0506. The van der Waals surface area contributed by atoms with Crippen LogP contribution >= 0.6 is 0 Å². The van der Waals surface area contributed by atoms with Crippen LogP contribution in [0.3, 0.4) is 0 Å². The second-order valence-electron chi connectivity index (χ2n) is 5.33. The molecule has 0 amide bonds. The Morgan fingerprint density at radius 3 is 2.11 bits per heavy atom. The van der Waals surface area contributed by atoms with E-state index in [0.29, 0.717) is 11.8 Å². The lowest BCUT2D eigenvalue weighted by molar-refractivity contribution is -0.214. The Bertz CT molecular complexity index is 263. The second-order valence-corrected chi connectivity index (χ2v) is 5.33. The van der Waals surface area contributed by atoms with E-state index in [0.717, 1.165) is 45.7 Å². The van der Waals surface area contributed by atoms with E-state index < -0.39 is 0 Å². The van der Waals surface area contributed by atoms with Crippen LogP contribution in [0.1, 0.15) is 33.1 Å². The van der Waals surface area contributed by atoms with Gasteiger partial charge in [-0.3, -0.25) is 0 Å². The van der Waals surface area contributed by atoms with Crippen LogP contribution in [0, 0.1) is 11.8 Å². The molecule has 0 radical (unpaired) electrons. The van der Waals surface area contributed by atoms with Crippen LogP contribution in [-0.4, -0.2) is 39.0 Å². The van der Waals surface area contributed by atoms with Crippen molar-refractivity contribution in [2.45, 2.75) is 45.7 Å². The Hall–Kier alpha value is -0.420. The van der Waals surface area contributed by atoms with Gasteiger partial charge in [0.2, 0.25) is 0 Å². The Morgan fingerprint density at radius 2 is 1.53 bits per heavy atom. The highest BCUT2D eigenvalue weighted by molar-refractivity contribution is 4.86. The average Bonchev–Trinajstić information content (AvgIpc) is 2.47. The molecule has 0 unspecified atom stereocenters. The number of ether oxygens (including phenoxy) is 4. The summed E-state index contributed by atoms with van der Waals surface area (Å²) in [5.41, 5.74) is 0. The number of allylic oxidation sites excluding steroid dienone is 1. The molecule has 0 aromatic rings. The summed E-state index contributed by atoms with van der Waals surface area (Å²) in [6.45, 7) is 7.24. The van der Waals surface area contributed by atoms with Crippen molar-refractivity contribution < 1.29 is 18.9 Å². The van der Waals surface area contributed by atoms with Gasteiger partial charge in [-0.25, -0.2) is 0 Å². The summed E-state index contributed by atoms with van der Waals surface area (Å²) in [7, 11) is 0. The fraction of sp³-hybridized carbons (Fsp3) is 0.867. The van der Waals surface area contributed by atoms with Crippen LogP contribution in [0.15, 0.2) is 12.2 Å². The molecule has 0 aromatic carbocycles. The normalized spacial score (nSPS) is 36.7. The monoisotopic (exact) mass is 270 g/mol. The van der Waals surface area contributed by atoms with Gasteiger partial charge in [0.05, 0.1) is 26.4 Å². The van der Waals surface area contributed by atoms with Gasteiger partial charge in [-0.1, -0.05) is 19.1 Å². The van der Waals surface area contributed by atoms with Crippen LogP contribution in [0.25, 0.3) is 0 Å². The lowest BCUT2D eigenvalue weighted by Crippen LogP contribution is -2.34. The molecule has 2 rings (SSSR count). The van der Waals surface area contributed by atoms with Crippen LogP contribution in [0.2, 0.25) is 0 Å². The summed E-state index contributed by atoms with van der Waals surface area (Å²) < 4.78 is 22.7. The predicted molar refractivity (Wildman–Crippen MR) is 72.7 cm³/mol. The van der Waals surface area contributed by atoms with Crippen LogP contribution < -0.4 is 0 Å². The molecule has 0 aromatic heterocycles. The maximum Gasteiger partial charge on any atom is 0.157 e. The van der Waals surface area contributed by atoms with Gasteiger partial charge >= 0.3 is 0 Å². The quantitative estimate of drug-likeness (QED) is 0.720. The van der Waals surface area contributed by atoms with Crippen LogP contribution in [0.4, 0.5) is 0 Å². The van der Waals surface area contributed by atoms with Gasteiger partial charge in [0.1, 0.15) is 0 Å². The zero-order valence-corrected chi connectivity index (χ0v) is 12.0. The highest BCUT2D eigenvalue weighted by atomic mass is 16.7. The molecule has 2 saturated heterocycles. The third-order valence-corrected chi connectivity index (χ3v) is 3.64. The second kappa shape index (κ2) is 8.00. The molecule has 0 spiro atoms. The molecule has 19 heavy (non-hydrogen) atoms. The third kappa shape index (κ3) is 4.88. The average molecular weight is 270 g/mol. The molecule has 4 nitrogen and oxygen atoms in total. The first-order valence-corrected chi connectivity index (χ1v) is 7.41. The van der Waals surface area contributed by atoms with Gasteiger partial charge in [-0.2, -0.15) is 0 Å². The first-order valence-electron chi connectivity index (χ1n) is 7.41. The van der Waals surface area contributed by atoms with E-state index in [4.69, 9.17) is 18.9 Å². The first-order chi connectivity index (χ1) is 9.31. The van der Waals surface area contributed by atoms with Gasteiger partial charge < -0.3 is 18.9 Å². The maximum atomic E-state index is 5.72. The van der Waals surface area contributed by atoms with Crippen LogP contribution in [-0.2, 0) is 18.9 Å². The standard InChI is InChI=1S/C15H26O4/c1-3-5-12-8-18-15(19-9-12)7-6-13-10-16-14(4-2)17-11-13/h3,5,12-15H,4,6-11H2,1-2H3/b5-3+. The van der Waals surface area contributed by atoms with Crippen molar-refractivity contribution in [3.8, 4) is 0 Å². The Kier molecular flexibility index (Phi) is 6.31. The molecule has 4 heteroatoms. The van der Waals surface area contributed by atoms with Crippen molar-refractivity contribution in [3.63, 3.8) is 0 Å². The van der Waals surface area contributed by atoms with E-state index in [1.54, 1.807) is 0 Å². The molecule has 2 fully saturated rings. The zero-order chi connectivity index (χ0) is 13.5. The van der Waals surface area contributed by atoms with Gasteiger partial charge in [0, 0.05) is 11.8 Å². The van der Waals surface area contributed by atoms with Gasteiger partial charge in [-0.15, -0.1) is 0 Å². The summed E-state index contributed by atoms with van der Waals surface area (Å²) in [4.78, 5) is 0. The minimum absolute atomic E-state index is 0.0000183. The molecule has 0 bridgehead atoms. The summed E-state index contributed by atoms with van der Waals surface area (Å²) in [5, 5.41) is 0. The summed E-state index contributed by atoms with van der Waals surface area (Å²) in [6, 6.07) is 0. The van der Waals surface area contributed by atoms with Crippen molar-refractivity contribution in [3.05, 3.63) is 12.2 Å². The topological polar surface area (TPSA) is 36.9 Å². The summed E-state index contributed by atoms with van der Waals surface area (Å²) >= 11 is 0. The number of hydrogen-bond acceptors (Lipinski definition) is 4. The SMILES string of the molecule is C/C=C/C1COC(CCC2COC(CC)OC2)OC1. The Balaban J connectivity index is 1.59.